The highest BCUT2D eigenvalue weighted by Crippen LogP contribution is 2.46. The first-order valence-corrected chi connectivity index (χ1v) is 21.4. The molecule has 3 aromatic carbocycles. The molecule has 9 nitrogen and oxygen atoms in total. The van der Waals surface area contributed by atoms with Gasteiger partial charge in [0.15, 0.2) is 8.07 Å². The molecule has 0 N–H and O–H groups in total. The molecule has 0 bridgehead atoms. The fourth-order valence-electron chi connectivity index (χ4n) is 8.82. The number of nitrogens with zero attached hydrogens (tertiary/aromatic N) is 9. The molecule has 1 aliphatic carbocycles. The summed E-state index contributed by atoms with van der Waals surface area (Å²) >= 11 is 0. The average Bonchev–Trinajstić information content (AvgIpc) is 3.28. The lowest BCUT2D eigenvalue weighted by Crippen LogP contribution is -2.70. The van der Waals surface area contributed by atoms with E-state index in [0.717, 1.165) is 0 Å². The molecule has 0 saturated heterocycles. The molecule has 0 amide bonds. The minimum absolute atomic E-state index is 0.254. The van der Waals surface area contributed by atoms with Crippen molar-refractivity contribution in [1.82, 2.24) is 0 Å². The van der Waals surface area contributed by atoms with E-state index in [4.69, 9.17) is 0 Å². The van der Waals surface area contributed by atoms with Gasteiger partial charge in [0.05, 0.1) is 51.2 Å². The summed E-state index contributed by atoms with van der Waals surface area (Å²) < 4.78 is 0. The Morgan fingerprint density at radius 3 is 0.709 bits per heavy atom. The third-order valence-electron chi connectivity index (χ3n) is 11.8. The molecule has 0 radical (unpaired) electrons. The summed E-state index contributed by atoms with van der Waals surface area (Å²) in [6.07, 6.45) is 0. The summed E-state index contributed by atoms with van der Waals surface area (Å²) in [4.78, 5) is 20.6. The standard InChI is InChI=1S/C45H73N9Si/c1-29-30(2)32(4)45(31(29)3)55(33-23-36(46(5)6)42(52(17)18)37(24-33)47(7)8,34-25-38(48(9)10)43(53(19)20)39(26-34)49(11)12)35-27-40(50(13)14)44(54(21)22)41(28-35)51(15)16/h23-28,31H,1-22H3. The van der Waals surface area contributed by atoms with Gasteiger partial charge in [-0.2, -0.15) is 0 Å². The van der Waals surface area contributed by atoms with E-state index in [1.165, 1.54) is 83.5 Å². The lowest BCUT2D eigenvalue weighted by Gasteiger charge is -2.43. The van der Waals surface area contributed by atoms with E-state index in [2.05, 4.69) is 235 Å². The van der Waals surface area contributed by atoms with Gasteiger partial charge in [0.1, 0.15) is 0 Å². The molecule has 0 heterocycles. The Balaban J connectivity index is 2.57. The van der Waals surface area contributed by atoms with Crippen molar-refractivity contribution < 1.29 is 0 Å². The summed E-state index contributed by atoms with van der Waals surface area (Å²) in [5.41, 5.74) is 15.2. The maximum absolute atomic E-state index is 3.21. The molecule has 1 atom stereocenters. The molecule has 4 rings (SSSR count). The first-order valence-electron chi connectivity index (χ1n) is 19.4. The van der Waals surface area contributed by atoms with Gasteiger partial charge in [0, 0.05) is 127 Å². The van der Waals surface area contributed by atoms with Crippen LogP contribution >= 0.6 is 0 Å². The number of hydrogen-bond acceptors (Lipinski definition) is 9. The average molecular weight is 768 g/mol. The molecule has 302 valence electrons. The quantitative estimate of drug-likeness (QED) is 0.163. The monoisotopic (exact) mass is 768 g/mol. The Hall–Kier alpha value is -4.44. The Bertz CT molecular complexity index is 1700. The molecular formula is C45H73N9Si. The van der Waals surface area contributed by atoms with Crippen LogP contribution in [0.15, 0.2) is 58.3 Å². The summed E-state index contributed by atoms with van der Waals surface area (Å²) in [5, 5.41) is 5.71. The van der Waals surface area contributed by atoms with Crippen molar-refractivity contribution in [3.8, 4) is 0 Å². The van der Waals surface area contributed by atoms with Crippen LogP contribution in [0.4, 0.5) is 51.2 Å². The predicted octanol–water partition coefficient (Wildman–Crippen LogP) is 5.59. The SMILES string of the molecule is CC1=C(C)C(C)C([Si](c2cc(N(C)C)c(N(C)C)c(N(C)C)c2)(c2cc(N(C)C)c(N(C)C)c(N(C)C)c2)c2cc(N(C)C)c(N(C)C)c(N(C)C)c2)=C1C. The Kier molecular flexibility index (Phi) is 12.6. The minimum Gasteiger partial charge on any atom is -0.376 e. The van der Waals surface area contributed by atoms with Crippen LogP contribution < -0.4 is 59.7 Å². The van der Waals surface area contributed by atoms with Gasteiger partial charge in [0.2, 0.25) is 0 Å². The first kappa shape index (κ1) is 43.3. The highest BCUT2D eigenvalue weighted by atomic mass is 28.3. The van der Waals surface area contributed by atoms with Crippen molar-refractivity contribution in [1.29, 1.82) is 0 Å². The van der Waals surface area contributed by atoms with E-state index < -0.39 is 8.07 Å². The molecule has 0 fully saturated rings. The van der Waals surface area contributed by atoms with Gasteiger partial charge >= 0.3 is 0 Å². The molecule has 0 aliphatic heterocycles. The van der Waals surface area contributed by atoms with Crippen LogP contribution in [0.5, 0.6) is 0 Å². The van der Waals surface area contributed by atoms with Crippen LogP contribution in [0.2, 0.25) is 0 Å². The van der Waals surface area contributed by atoms with Crippen molar-refractivity contribution in [2.24, 2.45) is 5.92 Å². The maximum atomic E-state index is 2.54. The second-order valence-corrected chi connectivity index (χ2v) is 21.2. The van der Waals surface area contributed by atoms with Gasteiger partial charge in [-0.05, 0) is 84.2 Å². The van der Waals surface area contributed by atoms with Crippen LogP contribution in [0, 0.1) is 5.92 Å². The molecule has 0 saturated carbocycles. The summed E-state index contributed by atoms with van der Waals surface area (Å²) in [7, 11) is 36.1. The van der Waals surface area contributed by atoms with E-state index in [1.54, 1.807) is 5.20 Å². The van der Waals surface area contributed by atoms with Crippen molar-refractivity contribution in [3.63, 3.8) is 0 Å². The summed E-state index contributed by atoms with van der Waals surface area (Å²) in [5.74, 6) is 0.254. The largest absolute Gasteiger partial charge is 0.376 e. The third-order valence-corrected chi connectivity index (χ3v) is 16.9. The minimum atomic E-state index is -3.21. The Morgan fingerprint density at radius 1 is 0.345 bits per heavy atom. The fourth-order valence-corrected chi connectivity index (χ4v) is 14.5. The van der Waals surface area contributed by atoms with Crippen molar-refractivity contribution in [2.75, 3.05) is 171 Å². The maximum Gasteiger partial charge on any atom is 0.176 e. The third kappa shape index (κ3) is 7.34. The highest BCUT2D eigenvalue weighted by molar-refractivity contribution is 7.16. The molecule has 0 aromatic heterocycles. The smallest absolute Gasteiger partial charge is 0.176 e. The van der Waals surface area contributed by atoms with Gasteiger partial charge < -0.3 is 44.1 Å². The first-order chi connectivity index (χ1) is 25.4. The van der Waals surface area contributed by atoms with E-state index in [-0.39, 0.29) is 5.92 Å². The van der Waals surface area contributed by atoms with Crippen LogP contribution in [0.1, 0.15) is 27.7 Å². The topological polar surface area (TPSA) is 29.2 Å². The van der Waals surface area contributed by atoms with Crippen LogP contribution in [0.3, 0.4) is 0 Å². The van der Waals surface area contributed by atoms with Crippen molar-refractivity contribution in [2.45, 2.75) is 27.7 Å². The second kappa shape index (κ2) is 16.0. The lowest BCUT2D eigenvalue weighted by molar-refractivity contribution is 0.851. The fraction of sp³-hybridized carbons (Fsp3) is 0.511. The van der Waals surface area contributed by atoms with Crippen LogP contribution in [0.25, 0.3) is 0 Å². The molecular weight excluding hydrogens is 695 g/mol. The zero-order valence-corrected chi connectivity index (χ0v) is 39.6. The van der Waals surface area contributed by atoms with Crippen molar-refractivity contribution in [3.05, 3.63) is 58.3 Å². The summed E-state index contributed by atoms with van der Waals surface area (Å²) in [6.45, 7) is 9.56. The van der Waals surface area contributed by atoms with Gasteiger partial charge in [0.25, 0.3) is 0 Å². The van der Waals surface area contributed by atoms with Gasteiger partial charge in [-0.25, -0.2) is 0 Å². The molecule has 55 heavy (non-hydrogen) atoms. The number of anilines is 9. The number of hydrogen-bond donors (Lipinski definition) is 0. The normalized spacial score (nSPS) is 14.4. The number of benzene rings is 3. The molecule has 1 aliphatic rings. The number of rotatable bonds is 13. The Labute approximate surface area is 336 Å². The molecule has 3 aromatic rings. The van der Waals surface area contributed by atoms with E-state index in [0.29, 0.717) is 0 Å². The zero-order valence-electron chi connectivity index (χ0n) is 38.6. The summed E-state index contributed by atoms with van der Waals surface area (Å²) in [6, 6.07) is 15.2. The highest BCUT2D eigenvalue weighted by Gasteiger charge is 2.50. The Morgan fingerprint density at radius 2 is 0.564 bits per heavy atom. The molecule has 1 unspecified atom stereocenters. The van der Waals surface area contributed by atoms with Crippen molar-refractivity contribution >= 4 is 74.8 Å². The van der Waals surface area contributed by atoms with E-state index in [1.807, 2.05) is 0 Å². The second-order valence-electron chi connectivity index (χ2n) is 17.5. The molecule has 0 spiro atoms. The zero-order chi connectivity index (χ0) is 41.8. The van der Waals surface area contributed by atoms with Gasteiger partial charge in [-0.3, -0.25) is 0 Å². The van der Waals surface area contributed by atoms with Gasteiger partial charge in [-0.15, -0.1) is 0 Å². The lowest BCUT2D eigenvalue weighted by atomic mass is 10.1. The van der Waals surface area contributed by atoms with E-state index in [9.17, 15) is 0 Å². The predicted molar refractivity (Wildman–Crippen MR) is 253 cm³/mol. The number of allylic oxidation sites excluding steroid dienone is 4. The van der Waals surface area contributed by atoms with Gasteiger partial charge in [-0.1, -0.05) is 23.3 Å². The van der Waals surface area contributed by atoms with Crippen LogP contribution in [-0.2, 0) is 0 Å². The van der Waals surface area contributed by atoms with Crippen LogP contribution in [-0.4, -0.2) is 135 Å². The van der Waals surface area contributed by atoms with E-state index >= 15 is 0 Å². The molecule has 10 heteroatoms.